The SMILES string of the molecule is C=CC.O[B]O. The van der Waals surface area contributed by atoms with Gasteiger partial charge in [0.15, 0.2) is 0 Å². The molecule has 0 aliphatic rings. The van der Waals surface area contributed by atoms with E-state index in [1.165, 1.54) is 0 Å². The zero-order valence-electron chi connectivity index (χ0n) is 3.76. The van der Waals surface area contributed by atoms with Gasteiger partial charge >= 0.3 is 7.69 Å². The maximum Gasteiger partial charge on any atom is 0.482 e. The van der Waals surface area contributed by atoms with Crippen molar-refractivity contribution < 1.29 is 10.0 Å². The van der Waals surface area contributed by atoms with E-state index in [2.05, 4.69) is 6.58 Å². The highest BCUT2D eigenvalue weighted by Crippen LogP contribution is 1.38. The number of rotatable bonds is 0. The van der Waals surface area contributed by atoms with Crippen LogP contribution in [0.4, 0.5) is 0 Å². The van der Waals surface area contributed by atoms with Gasteiger partial charge in [-0.1, -0.05) is 6.08 Å². The van der Waals surface area contributed by atoms with E-state index in [-0.39, 0.29) is 7.69 Å². The minimum absolute atomic E-state index is 0. The number of hydrogen-bond acceptors (Lipinski definition) is 2. The summed E-state index contributed by atoms with van der Waals surface area (Å²) < 4.78 is 0. The van der Waals surface area contributed by atoms with E-state index in [4.69, 9.17) is 10.0 Å². The first kappa shape index (κ1) is 9.21. The summed E-state index contributed by atoms with van der Waals surface area (Å²) in [5.74, 6) is 0. The zero-order valence-corrected chi connectivity index (χ0v) is 3.76. The lowest BCUT2D eigenvalue weighted by Gasteiger charge is -1.46. The Morgan fingerprint density at radius 2 is 1.67 bits per heavy atom. The fourth-order valence-electron chi connectivity index (χ4n) is 0. The molecule has 2 N–H and O–H groups in total. The highest BCUT2D eigenvalue weighted by Gasteiger charge is 1.51. The van der Waals surface area contributed by atoms with Crippen LogP contribution in [0.25, 0.3) is 0 Å². The lowest BCUT2D eigenvalue weighted by molar-refractivity contribution is 0.448. The van der Waals surface area contributed by atoms with Crippen molar-refractivity contribution in [2.24, 2.45) is 0 Å². The molecule has 0 heterocycles. The van der Waals surface area contributed by atoms with E-state index < -0.39 is 0 Å². The highest BCUT2D eigenvalue weighted by molar-refractivity contribution is 6.13. The van der Waals surface area contributed by atoms with Gasteiger partial charge in [0.1, 0.15) is 0 Å². The first-order valence-corrected chi connectivity index (χ1v) is 1.50. The van der Waals surface area contributed by atoms with Gasteiger partial charge in [-0.2, -0.15) is 0 Å². The van der Waals surface area contributed by atoms with Crippen molar-refractivity contribution in [3.8, 4) is 0 Å². The van der Waals surface area contributed by atoms with Crippen molar-refractivity contribution in [1.29, 1.82) is 0 Å². The second-order valence-corrected chi connectivity index (χ2v) is 0.524. The fourth-order valence-corrected chi connectivity index (χ4v) is 0. The van der Waals surface area contributed by atoms with Crippen LogP contribution in [0.5, 0.6) is 0 Å². The summed E-state index contributed by atoms with van der Waals surface area (Å²) >= 11 is 0. The first-order chi connectivity index (χ1) is 2.83. The summed E-state index contributed by atoms with van der Waals surface area (Å²) in [5, 5.41) is 14.0. The second-order valence-electron chi connectivity index (χ2n) is 0.524. The molecule has 2 nitrogen and oxygen atoms in total. The molecule has 0 bridgehead atoms. The Kier molecular flexibility index (Phi) is 33.8. The predicted molar refractivity (Wildman–Crippen MR) is 26.1 cm³/mol. The molecule has 35 valence electrons. The summed E-state index contributed by atoms with van der Waals surface area (Å²) in [4.78, 5) is 0. The van der Waals surface area contributed by atoms with Crippen LogP contribution in [-0.2, 0) is 0 Å². The maximum absolute atomic E-state index is 7.00. The van der Waals surface area contributed by atoms with Gasteiger partial charge in [0.05, 0.1) is 0 Å². The van der Waals surface area contributed by atoms with Crippen molar-refractivity contribution in [3.05, 3.63) is 12.7 Å². The Morgan fingerprint density at radius 1 is 1.67 bits per heavy atom. The van der Waals surface area contributed by atoms with Gasteiger partial charge in [-0.3, -0.25) is 0 Å². The van der Waals surface area contributed by atoms with Crippen molar-refractivity contribution in [2.45, 2.75) is 6.92 Å². The average molecular weight is 86.9 g/mol. The molecule has 0 aromatic carbocycles. The molecule has 0 spiro atoms. The van der Waals surface area contributed by atoms with Crippen LogP contribution in [0, 0.1) is 0 Å². The largest absolute Gasteiger partial charge is 0.482 e. The number of allylic oxidation sites excluding steroid dienone is 1. The first-order valence-electron chi connectivity index (χ1n) is 1.50. The van der Waals surface area contributed by atoms with Crippen molar-refractivity contribution in [1.82, 2.24) is 0 Å². The van der Waals surface area contributed by atoms with Crippen LogP contribution in [-0.4, -0.2) is 17.7 Å². The molecule has 0 rings (SSSR count). The number of hydrogen-bond donors (Lipinski definition) is 2. The second kappa shape index (κ2) is 22.0. The van der Waals surface area contributed by atoms with E-state index in [1.807, 2.05) is 6.92 Å². The smallest absolute Gasteiger partial charge is 0.429 e. The van der Waals surface area contributed by atoms with Gasteiger partial charge < -0.3 is 10.0 Å². The molecule has 0 fully saturated rings. The maximum atomic E-state index is 7.00. The van der Waals surface area contributed by atoms with Crippen LogP contribution in [0.3, 0.4) is 0 Å². The Balaban J connectivity index is 0. The molecule has 0 aliphatic carbocycles. The molecule has 6 heavy (non-hydrogen) atoms. The van der Waals surface area contributed by atoms with E-state index in [9.17, 15) is 0 Å². The molecule has 3 heteroatoms. The van der Waals surface area contributed by atoms with Crippen molar-refractivity contribution >= 4 is 7.69 Å². The third-order valence-corrected chi connectivity index (χ3v) is 0. The molecular formula is C3H8BO2. The standard InChI is InChI=1S/C3H6.BH2O2/c1-3-2;2-1-3/h3H,1H2,2H3;2-3H. The minimum Gasteiger partial charge on any atom is -0.429 e. The van der Waals surface area contributed by atoms with Crippen molar-refractivity contribution in [3.63, 3.8) is 0 Å². The van der Waals surface area contributed by atoms with E-state index in [0.29, 0.717) is 0 Å². The normalized spacial score (nSPS) is 4.50. The Hall–Kier alpha value is -0.275. The molecule has 0 saturated carbocycles. The molecule has 0 aromatic rings. The van der Waals surface area contributed by atoms with Crippen LogP contribution in [0.2, 0.25) is 0 Å². The Bertz CT molecular complexity index is 22.8. The molecule has 0 atom stereocenters. The van der Waals surface area contributed by atoms with Gasteiger partial charge in [-0.25, -0.2) is 0 Å². The highest BCUT2D eigenvalue weighted by atomic mass is 16.4. The molecule has 0 aromatic heterocycles. The van der Waals surface area contributed by atoms with E-state index in [1.54, 1.807) is 6.08 Å². The van der Waals surface area contributed by atoms with Crippen LogP contribution >= 0.6 is 0 Å². The van der Waals surface area contributed by atoms with Crippen LogP contribution < -0.4 is 0 Å². The predicted octanol–water partition coefficient (Wildman–Crippen LogP) is -0.303. The molecule has 0 aliphatic heterocycles. The minimum atomic E-state index is 0. The zero-order chi connectivity index (χ0) is 5.41. The summed E-state index contributed by atoms with van der Waals surface area (Å²) in [6.07, 6.45) is 1.75. The summed E-state index contributed by atoms with van der Waals surface area (Å²) in [6, 6.07) is 0. The van der Waals surface area contributed by atoms with Crippen LogP contribution in [0.1, 0.15) is 6.92 Å². The van der Waals surface area contributed by atoms with Gasteiger partial charge in [0.2, 0.25) is 0 Å². The van der Waals surface area contributed by atoms with Gasteiger partial charge in [0, 0.05) is 0 Å². The lowest BCUT2D eigenvalue weighted by atomic mass is 10.5. The van der Waals surface area contributed by atoms with Gasteiger partial charge in [-0.05, 0) is 6.92 Å². The monoisotopic (exact) mass is 87.1 g/mol. The van der Waals surface area contributed by atoms with Crippen molar-refractivity contribution in [2.75, 3.05) is 0 Å². The van der Waals surface area contributed by atoms with Gasteiger partial charge in [-0.15, -0.1) is 6.58 Å². The summed E-state index contributed by atoms with van der Waals surface area (Å²) in [7, 11) is 0. The molecule has 0 unspecified atom stereocenters. The topological polar surface area (TPSA) is 40.5 Å². The molecule has 0 saturated heterocycles. The Labute approximate surface area is 38.4 Å². The fraction of sp³-hybridized carbons (Fsp3) is 0.333. The molecular weight excluding hydrogens is 78.8 g/mol. The van der Waals surface area contributed by atoms with Crippen LogP contribution in [0.15, 0.2) is 12.7 Å². The summed E-state index contributed by atoms with van der Waals surface area (Å²) in [5.41, 5.74) is 0. The third-order valence-electron chi connectivity index (χ3n) is 0. The van der Waals surface area contributed by atoms with Gasteiger partial charge in [0.25, 0.3) is 0 Å². The quantitative estimate of drug-likeness (QED) is 0.314. The third kappa shape index (κ3) is 366. The molecule has 1 radical (unpaired) electrons. The average Bonchev–Trinajstić information content (AvgIpc) is 1.39. The van der Waals surface area contributed by atoms with E-state index in [0.717, 1.165) is 0 Å². The van der Waals surface area contributed by atoms with E-state index >= 15 is 0 Å². The lowest BCUT2D eigenvalue weighted by Crippen LogP contribution is -1.75. The summed E-state index contributed by atoms with van der Waals surface area (Å²) in [6.45, 7) is 5.25. The molecule has 0 amide bonds. The Morgan fingerprint density at radius 3 is 1.67 bits per heavy atom.